The summed E-state index contributed by atoms with van der Waals surface area (Å²) < 4.78 is 32.8. The third-order valence-corrected chi connectivity index (χ3v) is 4.41. The van der Waals surface area contributed by atoms with Crippen molar-refractivity contribution in [1.82, 2.24) is 9.55 Å². The van der Waals surface area contributed by atoms with E-state index in [9.17, 15) is 18.4 Å². The monoisotopic (exact) mass is 405 g/mol. The minimum atomic E-state index is -1.08. The molecule has 28 heavy (non-hydrogen) atoms. The number of imidazole rings is 1. The first-order valence-electron chi connectivity index (χ1n) is 8.31. The van der Waals surface area contributed by atoms with Crippen LogP contribution >= 0.6 is 11.8 Å². The van der Waals surface area contributed by atoms with Gasteiger partial charge in [-0.3, -0.25) is 9.59 Å². The summed E-state index contributed by atoms with van der Waals surface area (Å²) in [5.41, 5.74) is 1.65. The van der Waals surface area contributed by atoms with E-state index in [4.69, 9.17) is 4.74 Å². The zero-order valence-electron chi connectivity index (χ0n) is 14.9. The Kier molecular flexibility index (Phi) is 6.25. The van der Waals surface area contributed by atoms with Gasteiger partial charge in [0.25, 0.3) is 5.91 Å². The van der Waals surface area contributed by atoms with Crippen LogP contribution < -0.4 is 5.32 Å². The molecule has 0 aliphatic rings. The van der Waals surface area contributed by atoms with Crippen molar-refractivity contribution in [2.24, 2.45) is 0 Å². The van der Waals surface area contributed by atoms with Crippen LogP contribution in [-0.2, 0) is 26.6 Å². The van der Waals surface area contributed by atoms with Crippen molar-refractivity contribution < 1.29 is 23.1 Å². The molecule has 0 aliphatic heterocycles. The van der Waals surface area contributed by atoms with Crippen LogP contribution in [0.15, 0.2) is 42.5 Å². The third kappa shape index (κ3) is 4.66. The number of amides is 1. The van der Waals surface area contributed by atoms with Gasteiger partial charge in [0, 0.05) is 11.8 Å². The highest BCUT2D eigenvalue weighted by atomic mass is 32.2. The van der Waals surface area contributed by atoms with Gasteiger partial charge in [-0.15, -0.1) is 0 Å². The Balaban J connectivity index is 1.61. The van der Waals surface area contributed by atoms with E-state index in [0.717, 1.165) is 29.0 Å². The van der Waals surface area contributed by atoms with Crippen molar-refractivity contribution in [3.05, 3.63) is 59.9 Å². The molecule has 0 unspecified atom stereocenters. The first kappa shape index (κ1) is 19.8. The van der Waals surface area contributed by atoms with Crippen LogP contribution in [0, 0.1) is 11.6 Å². The van der Waals surface area contributed by atoms with Crippen molar-refractivity contribution in [2.75, 3.05) is 18.2 Å². The highest BCUT2D eigenvalue weighted by molar-refractivity contribution is 7.97. The van der Waals surface area contributed by atoms with Crippen LogP contribution in [0.1, 0.15) is 5.82 Å². The molecule has 0 saturated heterocycles. The molecule has 9 heteroatoms. The van der Waals surface area contributed by atoms with Crippen molar-refractivity contribution in [3.63, 3.8) is 0 Å². The molecule has 2 aromatic carbocycles. The zero-order chi connectivity index (χ0) is 20.1. The number of halogens is 2. The molecule has 0 aliphatic carbocycles. The molecular formula is C19H17F2N3O3S. The largest absolute Gasteiger partial charge is 0.454 e. The summed E-state index contributed by atoms with van der Waals surface area (Å²) in [6.07, 6.45) is 1.94. The Labute approximate surface area is 163 Å². The number of nitrogens with zero attached hydrogens (tertiary/aromatic N) is 2. The van der Waals surface area contributed by atoms with Gasteiger partial charge in [0.2, 0.25) is 0 Å². The highest BCUT2D eigenvalue weighted by Crippen LogP contribution is 2.19. The van der Waals surface area contributed by atoms with Crippen LogP contribution in [0.4, 0.5) is 14.5 Å². The van der Waals surface area contributed by atoms with Gasteiger partial charge in [-0.1, -0.05) is 12.1 Å². The average molecular weight is 405 g/mol. The fourth-order valence-electron chi connectivity index (χ4n) is 2.63. The van der Waals surface area contributed by atoms with E-state index >= 15 is 0 Å². The molecule has 0 fully saturated rings. The smallest absolute Gasteiger partial charge is 0.326 e. The van der Waals surface area contributed by atoms with E-state index in [1.54, 1.807) is 16.3 Å². The Morgan fingerprint density at radius 3 is 2.71 bits per heavy atom. The molecule has 1 heterocycles. The minimum Gasteiger partial charge on any atom is -0.454 e. The van der Waals surface area contributed by atoms with Gasteiger partial charge in [-0.05, 0) is 30.5 Å². The molecule has 6 nitrogen and oxygen atoms in total. The number of carbonyl (C=O) groups is 2. The van der Waals surface area contributed by atoms with Crippen molar-refractivity contribution in [1.29, 1.82) is 0 Å². The number of hydrogen-bond acceptors (Lipinski definition) is 5. The molecule has 3 rings (SSSR count). The summed E-state index contributed by atoms with van der Waals surface area (Å²) in [4.78, 5) is 28.6. The first-order valence-corrected chi connectivity index (χ1v) is 9.71. The Hall–Kier alpha value is -2.94. The second kappa shape index (κ2) is 8.83. The molecule has 1 N–H and O–H groups in total. The number of benzene rings is 2. The first-order chi connectivity index (χ1) is 13.5. The lowest BCUT2D eigenvalue weighted by Gasteiger charge is -2.10. The molecule has 1 aromatic heterocycles. The fourth-order valence-corrected chi connectivity index (χ4v) is 3.11. The summed E-state index contributed by atoms with van der Waals surface area (Å²) in [6.45, 7) is -0.628. The number of thioether (sulfide) groups is 1. The SMILES string of the molecule is CSCc1nc2ccccc2n1CC(=O)OCC(=O)Nc1ccc(F)c(F)c1. The summed E-state index contributed by atoms with van der Waals surface area (Å²) in [5, 5.41) is 2.34. The van der Waals surface area contributed by atoms with Gasteiger partial charge in [-0.2, -0.15) is 11.8 Å². The molecule has 0 atom stereocenters. The quantitative estimate of drug-likeness (QED) is 0.611. The number of anilines is 1. The van der Waals surface area contributed by atoms with Gasteiger partial charge in [0.15, 0.2) is 18.2 Å². The normalized spacial score (nSPS) is 10.8. The van der Waals surface area contributed by atoms with E-state index < -0.39 is 30.1 Å². The van der Waals surface area contributed by atoms with Gasteiger partial charge >= 0.3 is 5.97 Å². The van der Waals surface area contributed by atoms with E-state index in [-0.39, 0.29) is 12.2 Å². The summed E-state index contributed by atoms with van der Waals surface area (Å²) in [5.74, 6) is -2.00. The lowest BCUT2D eigenvalue weighted by Crippen LogP contribution is -2.23. The van der Waals surface area contributed by atoms with Crippen LogP contribution in [-0.4, -0.2) is 34.3 Å². The zero-order valence-corrected chi connectivity index (χ0v) is 15.8. The molecule has 146 valence electrons. The molecule has 1 amide bonds. The molecule has 0 spiro atoms. The topological polar surface area (TPSA) is 73.2 Å². The second-order valence-corrected chi connectivity index (χ2v) is 6.74. The fraction of sp³-hybridized carbons (Fsp3) is 0.211. The van der Waals surface area contributed by atoms with Gasteiger partial charge in [0.05, 0.1) is 16.8 Å². The Morgan fingerprint density at radius 2 is 1.96 bits per heavy atom. The number of para-hydroxylation sites is 2. The predicted molar refractivity (Wildman–Crippen MR) is 103 cm³/mol. The predicted octanol–water partition coefficient (Wildman–Crippen LogP) is 3.36. The van der Waals surface area contributed by atoms with Crippen molar-refractivity contribution >= 4 is 40.4 Å². The van der Waals surface area contributed by atoms with Gasteiger partial charge in [-0.25, -0.2) is 13.8 Å². The maximum atomic E-state index is 13.2. The number of fused-ring (bicyclic) bond motifs is 1. The van der Waals surface area contributed by atoms with Crippen LogP contribution in [0.2, 0.25) is 0 Å². The number of ether oxygens (including phenoxy) is 1. The lowest BCUT2D eigenvalue weighted by atomic mass is 10.3. The summed E-state index contributed by atoms with van der Waals surface area (Å²) in [6, 6.07) is 10.4. The van der Waals surface area contributed by atoms with E-state index in [1.165, 1.54) is 6.07 Å². The molecule has 0 bridgehead atoms. The highest BCUT2D eigenvalue weighted by Gasteiger charge is 2.15. The maximum Gasteiger partial charge on any atom is 0.326 e. The Morgan fingerprint density at radius 1 is 1.18 bits per heavy atom. The molecule has 3 aromatic rings. The number of hydrogen-bond donors (Lipinski definition) is 1. The van der Waals surface area contributed by atoms with Crippen molar-refractivity contribution in [3.8, 4) is 0 Å². The molecule has 0 radical (unpaired) electrons. The second-order valence-electron chi connectivity index (χ2n) is 5.87. The third-order valence-electron chi connectivity index (χ3n) is 3.86. The van der Waals surface area contributed by atoms with Crippen molar-refractivity contribution in [2.45, 2.75) is 12.3 Å². The minimum absolute atomic E-state index is 0.0720. The number of rotatable bonds is 7. The standard InChI is InChI=1S/C19H17F2N3O3S/c1-28-11-17-23-15-4-2-3-5-16(15)24(17)9-19(26)27-10-18(25)22-12-6-7-13(20)14(21)8-12/h2-8H,9-11H2,1H3,(H,22,25). The van der Waals surface area contributed by atoms with Crippen LogP contribution in [0.3, 0.4) is 0 Å². The number of aromatic nitrogens is 2. The van der Waals surface area contributed by atoms with Crippen LogP contribution in [0.25, 0.3) is 11.0 Å². The molecule has 0 saturated carbocycles. The summed E-state index contributed by atoms with van der Waals surface area (Å²) >= 11 is 1.58. The van der Waals surface area contributed by atoms with E-state index in [0.29, 0.717) is 5.75 Å². The molecular weight excluding hydrogens is 388 g/mol. The van der Waals surface area contributed by atoms with Gasteiger partial charge in [0.1, 0.15) is 12.4 Å². The number of nitrogens with one attached hydrogen (secondary N) is 1. The lowest BCUT2D eigenvalue weighted by molar-refractivity contribution is -0.147. The van der Waals surface area contributed by atoms with E-state index in [2.05, 4.69) is 10.3 Å². The average Bonchev–Trinajstić information content (AvgIpc) is 3.01. The number of esters is 1. The maximum absolute atomic E-state index is 13.2. The Bertz CT molecular complexity index is 1020. The van der Waals surface area contributed by atoms with Gasteiger partial charge < -0.3 is 14.6 Å². The summed E-state index contributed by atoms with van der Waals surface area (Å²) in [7, 11) is 0. The van der Waals surface area contributed by atoms with Crippen LogP contribution in [0.5, 0.6) is 0 Å². The van der Waals surface area contributed by atoms with E-state index in [1.807, 2.05) is 30.5 Å². The number of carbonyl (C=O) groups excluding carboxylic acids is 2.